The highest BCUT2D eigenvalue weighted by atomic mass is 32.1. The first kappa shape index (κ1) is 14.2. The van der Waals surface area contributed by atoms with Crippen molar-refractivity contribution in [3.63, 3.8) is 0 Å². The minimum absolute atomic E-state index is 0.159. The number of benzene rings is 1. The predicted molar refractivity (Wildman–Crippen MR) is 80.2 cm³/mol. The Balaban J connectivity index is 2.13. The third-order valence-corrected chi connectivity index (χ3v) is 4.00. The fraction of sp³-hybridized carbons (Fsp3) is 0.375. The van der Waals surface area contributed by atoms with Crippen LogP contribution in [0.4, 0.5) is 4.39 Å². The molecule has 1 heterocycles. The first-order valence-electron chi connectivity index (χ1n) is 6.72. The Labute approximate surface area is 118 Å². The van der Waals surface area contributed by atoms with E-state index < -0.39 is 0 Å². The lowest BCUT2D eigenvalue weighted by atomic mass is 10.0. The van der Waals surface area contributed by atoms with E-state index in [1.165, 1.54) is 16.5 Å². The van der Waals surface area contributed by atoms with E-state index in [-0.39, 0.29) is 11.9 Å². The van der Waals surface area contributed by atoms with Gasteiger partial charge in [-0.2, -0.15) is 0 Å². The number of rotatable bonds is 6. The molecule has 3 heteroatoms. The minimum Gasteiger partial charge on any atom is -0.310 e. The third kappa shape index (κ3) is 4.15. The van der Waals surface area contributed by atoms with Crippen molar-refractivity contribution in [2.45, 2.75) is 32.7 Å². The Morgan fingerprint density at radius 2 is 2.16 bits per heavy atom. The molecule has 1 N–H and O–H groups in total. The van der Waals surface area contributed by atoms with Crippen LogP contribution in [0, 0.1) is 12.7 Å². The van der Waals surface area contributed by atoms with Crippen LogP contribution in [-0.2, 0) is 6.42 Å². The second-order valence-corrected chi connectivity index (χ2v) is 5.95. The van der Waals surface area contributed by atoms with Crippen molar-refractivity contribution in [3.8, 4) is 0 Å². The van der Waals surface area contributed by atoms with Crippen molar-refractivity contribution >= 4 is 11.3 Å². The lowest BCUT2D eigenvalue weighted by Gasteiger charge is -2.17. The number of thiophene rings is 1. The van der Waals surface area contributed by atoms with Crippen LogP contribution in [0.15, 0.2) is 35.7 Å². The summed E-state index contributed by atoms with van der Waals surface area (Å²) in [6.45, 7) is 5.26. The molecule has 1 aromatic heterocycles. The summed E-state index contributed by atoms with van der Waals surface area (Å²) in [6.07, 6.45) is 1.93. The fourth-order valence-electron chi connectivity index (χ4n) is 2.17. The molecule has 1 unspecified atom stereocenters. The quantitative estimate of drug-likeness (QED) is 0.821. The van der Waals surface area contributed by atoms with Gasteiger partial charge in [-0.15, -0.1) is 11.3 Å². The zero-order valence-electron chi connectivity index (χ0n) is 11.4. The predicted octanol–water partition coefficient (Wildman–Crippen LogP) is 4.48. The Bertz CT molecular complexity index is 521. The normalized spacial score (nSPS) is 12.6. The number of hydrogen-bond donors (Lipinski definition) is 1. The van der Waals surface area contributed by atoms with Crippen molar-refractivity contribution in [1.29, 1.82) is 0 Å². The van der Waals surface area contributed by atoms with Crippen molar-refractivity contribution in [2.75, 3.05) is 6.54 Å². The first-order valence-corrected chi connectivity index (χ1v) is 7.60. The van der Waals surface area contributed by atoms with Crippen molar-refractivity contribution in [2.24, 2.45) is 0 Å². The van der Waals surface area contributed by atoms with Crippen LogP contribution in [0.25, 0.3) is 0 Å². The summed E-state index contributed by atoms with van der Waals surface area (Å²) in [7, 11) is 0. The van der Waals surface area contributed by atoms with E-state index in [0.29, 0.717) is 0 Å². The molecule has 19 heavy (non-hydrogen) atoms. The van der Waals surface area contributed by atoms with Gasteiger partial charge >= 0.3 is 0 Å². The van der Waals surface area contributed by atoms with Crippen LogP contribution in [0.1, 0.15) is 35.4 Å². The molecule has 0 aliphatic heterocycles. The van der Waals surface area contributed by atoms with E-state index >= 15 is 0 Å². The van der Waals surface area contributed by atoms with Gasteiger partial charge in [0.05, 0.1) is 0 Å². The summed E-state index contributed by atoms with van der Waals surface area (Å²) in [5.74, 6) is -0.159. The van der Waals surface area contributed by atoms with Gasteiger partial charge in [0.15, 0.2) is 0 Å². The van der Waals surface area contributed by atoms with E-state index in [9.17, 15) is 4.39 Å². The molecule has 0 aliphatic rings. The van der Waals surface area contributed by atoms with Crippen LogP contribution in [-0.4, -0.2) is 6.54 Å². The monoisotopic (exact) mass is 277 g/mol. The fourth-order valence-corrected chi connectivity index (χ4v) is 2.93. The minimum atomic E-state index is -0.159. The lowest BCUT2D eigenvalue weighted by Crippen LogP contribution is -2.23. The zero-order valence-corrected chi connectivity index (χ0v) is 12.3. The van der Waals surface area contributed by atoms with Crippen LogP contribution in [0.2, 0.25) is 0 Å². The third-order valence-electron chi connectivity index (χ3n) is 3.12. The summed E-state index contributed by atoms with van der Waals surface area (Å²) in [5.41, 5.74) is 2.35. The molecule has 1 aromatic carbocycles. The topological polar surface area (TPSA) is 12.0 Å². The average molecular weight is 277 g/mol. The van der Waals surface area contributed by atoms with Gasteiger partial charge in [0.25, 0.3) is 0 Å². The maximum absolute atomic E-state index is 13.3. The molecule has 0 saturated heterocycles. The average Bonchev–Trinajstić information content (AvgIpc) is 2.81. The molecule has 102 valence electrons. The Morgan fingerprint density at radius 3 is 2.79 bits per heavy atom. The van der Waals surface area contributed by atoms with Gasteiger partial charge in [-0.25, -0.2) is 4.39 Å². The molecule has 2 rings (SSSR count). The standard InChI is InChI=1S/C16H20FNS/c1-3-7-18-16(14-8-12(2)19-11-14)10-13-5-4-6-15(17)9-13/h4-6,8-9,11,16,18H,3,7,10H2,1-2H3. The molecule has 2 aromatic rings. The van der Waals surface area contributed by atoms with Gasteiger partial charge < -0.3 is 5.32 Å². The zero-order chi connectivity index (χ0) is 13.7. The highest BCUT2D eigenvalue weighted by Crippen LogP contribution is 2.24. The number of aryl methyl sites for hydroxylation is 1. The highest BCUT2D eigenvalue weighted by molar-refractivity contribution is 7.10. The van der Waals surface area contributed by atoms with Gasteiger partial charge in [0.1, 0.15) is 5.82 Å². The van der Waals surface area contributed by atoms with E-state index in [2.05, 4.69) is 30.6 Å². The van der Waals surface area contributed by atoms with Gasteiger partial charge in [-0.1, -0.05) is 19.1 Å². The highest BCUT2D eigenvalue weighted by Gasteiger charge is 2.13. The van der Waals surface area contributed by atoms with Gasteiger partial charge in [-0.3, -0.25) is 0 Å². The van der Waals surface area contributed by atoms with Crippen molar-refractivity contribution in [3.05, 3.63) is 57.5 Å². The van der Waals surface area contributed by atoms with Crippen LogP contribution >= 0.6 is 11.3 Å². The second-order valence-electron chi connectivity index (χ2n) is 4.83. The molecule has 0 spiro atoms. The summed E-state index contributed by atoms with van der Waals surface area (Å²) >= 11 is 1.77. The Kier molecular flexibility index (Phi) is 5.11. The Morgan fingerprint density at radius 1 is 1.32 bits per heavy atom. The second kappa shape index (κ2) is 6.83. The van der Waals surface area contributed by atoms with Crippen molar-refractivity contribution < 1.29 is 4.39 Å². The molecular formula is C16H20FNS. The van der Waals surface area contributed by atoms with Crippen LogP contribution in [0.3, 0.4) is 0 Å². The molecule has 1 atom stereocenters. The van der Waals surface area contributed by atoms with Gasteiger partial charge in [-0.05, 0) is 61.0 Å². The van der Waals surface area contributed by atoms with Gasteiger partial charge in [0.2, 0.25) is 0 Å². The maximum Gasteiger partial charge on any atom is 0.123 e. The number of hydrogen-bond acceptors (Lipinski definition) is 2. The summed E-state index contributed by atoms with van der Waals surface area (Å²) in [6, 6.07) is 9.37. The number of halogens is 1. The Hall–Kier alpha value is -1.19. The SMILES string of the molecule is CCCNC(Cc1cccc(F)c1)c1csc(C)c1. The summed E-state index contributed by atoms with van der Waals surface area (Å²) in [5, 5.41) is 5.75. The van der Waals surface area contributed by atoms with E-state index in [1.54, 1.807) is 23.5 Å². The van der Waals surface area contributed by atoms with Gasteiger partial charge in [0, 0.05) is 10.9 Å². The summed E-state index contributed by atoms with van der Waals surface area (Å²) < 4.78 is 13.3. The van der Waals surface area contributed by atoms with E-state index in [0.717, 1.165) is 24.9 Å². The molecule has 1 nitrogen and oxygen atoms in total. The van der Waals surface area contributed by atoms with Crippen molar-refractivity contribution in [1.82, 2.24) is 5.32 Å². The number of nitrogens with one attached hydrogen (secondary N) is 1. The van der Waals surface area contributed by atoms with E-state index in [1.807, 2.05) is 6.07 Å². The van der Waals surface area contributed by atoms with Crippen LogP contribution < -0.4 is 5.32 Å². The molecule has 0 aliphatic carbocycles. The molecular weight excluding hydrogens is 257 g/mol. The van der Waals surface area contributed by atoms with Crippen LogP contribution in [0.5, 0.6) is 0 Å². The molecule has 0 radical (unpaired) electrons. The molecule has 0 amide bonds. The molecule has 0 saturated carbocycles. The van der Waals surface area contributed by atoms with E-state index in [4.69, 9.17) is 0 Å². The molecule has 0 bridgehead atoms. The molecule has 0 fully saturated rings. The maximum atomic E-state index is 13.3. The largest absolute Gasteiger partial charge is 0.310 e. The lowest BCUT2D eigenvalue weighted by molar-refractivity contribution is 0.528. The summed E-state index contributed by atoms with van der Waals surface area (Å²) in [4.78, 5) is 1.32. The first-order chi connectivity index (χ1) is 9.19. The smallest absolute Gasteiger partial charge is 0.123 e.